The smallest absolute Gasteiger partial charge is 0.219 e. The van der Waals surface area contributed by atoms with Crippen LogP contribution in [0.25, 0.3) is 0 Å². The van der Waals surface area contributed by atoms with Crippen LogP contribution in [0, 0.1) is 0 Å². The molecule has 0 aliphatic rings. The lowest BCUT2D eigenvalue weighted by Crippen LogP contribution is -2.26. The number of nitrogens with one attached hydrogen (secondary N) is 1. The summed E-state index contributed by atoms with van der Waals surface area (Å²) >= 11 is 0. The van der Waals surface area contributed by atoms with Gasteiger partial charge in [-0.05, 0) is 25.8 Å². The summed E-state index contributed by atoms with van der Waals surface area (Å²) in [5.41, 5.74) is 5.26. The topological polar surface area (TPSA) is 95.6 Å². The molecule has 0 aliphatic carbocycles. The normalized spacial score (nSPS) is 12.5. The molecule has 0 aromatic rings. The number of hydrogen-bond donors (Lipinski definition) is 4. The number of amides is 1. The zero-order valence-corrected chi connectivity index (χ0v) is 8.41. The standard InChI is InChI=1S/C9H20N2O3/c10-5-2-6-11-9(14)4-1-3-8(13)7-12/h8,12-13H,1-7,10H2,(H,11,14). The van der Waals surface area contributed by atoms with Gasteiger partial charge in [0.05, 0.1) is 12.7 Å². The summed E-state index contributed by atoms with van der Waals surface area (Å²) in [7, 11) is 0. The maximum atomic E-state index is 11.1. The molecule has 0 bridgehead atoms. The number of aliphatic hydroxyl groups excluding tert-OH is 2. The maximum Gasteiger partial charge on any atom is 0.219 e. The minimum atomic E-state index is -0.702. The minimum absolute atomic E-state index is 0.0245. The van der Waals surface area contributed by atoms with Crippen LogP contribution in [0.3, 0.4) is 0 Å². The Kier molecular flexibility index (Phi) is 8.51. The Morgan fingerprint density at radius 3 is 2.71 bits per heavy atom. The summed E-state index contributed by atoms with van der Waals surface area (Å²) in [5.74, 6) is -0.0245. The summed E-state index contributed by atoms with van der Waals surface area (Å²) in [5, 5.41) is 20.2. The van der Waals surface area contributed by atoms with E-state index in [0.717, 1.165) is 6.42 Å². The van der Waals surface area contributed by atoms with Crippen LogP contribution in [-0.4, -0.2) is 41.9 Å². The Labute approximate surface area is 84.3 Å². The van der Waals surface area contributed by atoms with Gasteiger partial charge in [0.15, 0.2) is 0 Å². The van der Waals surface area contributed by atoms with Crippen molar-refractivity contribution in [1.29, 1.82) is 0 Å². The Hall–Kier alpha value is -0.650. The molecule has 84 valence electrons. The van der Waals surface area contributed by atoms with Gasteiger partial charge in [0, 0.05) is 13.0 Å². The fourth-order valence-corrected chi connectivity index (χ4v) is 1.01. The van der Waals surface area contributed by atoms with Crippen molar-refractivity contribution in [3.63, 3.8) is 0 Å². The molecule has 5 N–H and O–H groups in total. The SMILES string of the molecule is NCCCNC(=O)CCCC(O)CO. The maximum absolute atomic E-state index is 11.1. The summed E-state index contributed by atoms with van der Waals surface area (Å²) in [6.45, 7) is 0.941. The van der Waals surface area contributed by atoms with Gasteiger partial charge >= 0.3 is 0 Å². The Balaban J connectivity index is 3.26. The monoisotopic (exact) mass is 204 g/mol. The molecule has 1 atom stereocenters. The Morgan fingerprint density at radius 2 is 2.14 bits per heavy atom. The molecule has 0 fully saturated rings. The summed E-state index contributed by atoms with van der Waals surface area (Å²) in [4.78, 5) is 11.1. The number of rotatable bonds is 8. The molecule has 0 saturated heterocycles. The molecule has 0 aromatic heterocycles. The van der Waals surface area contributed by atoms with Crippen molar-refractivity contribution in [2.45, 2.75) is 31.8 Å². The molecule has 0 aliphatic heterocycles. The van der Waals surface area contributed by atoms with E-state index in [1.54, 1.807) is 0 Å². The lowest BCUT2D eigenvalue weighted by molar-refractivity contribution is -0.121. The van der Waals surface area contributed by atoms with Gasteiger partial charge in [-0.15, -0.1) is 0 Å². The fraction of sp³-hybridized carbons (Fsp3) is 0.889. The van der Waals surface area contributed by atoms with E-state index < -0.39 is 6.10 Å². The van der Waals surface area contributed by atoms with Gasteiger partial charge in [-0.1, -0.05) is 0 Å². The molecule has 0 spiro atoms. The van der Waals surface area contributed by atoms with Gasteiger partial charge in [-0.3, -0.25) is 4.79 Å². The number of nitrogens with two attached hydrogens (primary N) is 1. The van der Waals surface area contributed by atoms with Crippen molar-refractivity contribution in [2.75, 3.05) is 19.7 Å². The minimum Gasteiger partial charge on any atom is -0.394 e. The van der Waals surface area contributed by atoms with E-state index in [4.69, 9.17) is 15.9 Å². The molecule has 0 aromatic carbocycles. The first-order valence-electron chi connectivity index (χ1n) is 4.96. The van der Waals surface area contributed by atoms with Crippen LogP contribution in [0.5, 0.6) is 0 Å². The number of aliphatic hydroxyl groups is 2. The lowest BCUT2D eigenvalue weighted by atomic mass is 10.1. The van der Waals surface area contributed by atoms with E-state index >= 15 is 0 Å². The average Bonchev–Trinajstić information content (AvgIpc) is 2.18. The number of carbonyl (C=O) groups is 1. The molecule has 1 amide bonds. The van der Waals surface area contributed by atoms with Crippen LogP contribution < -0.4 is 11.1 Å². The predicted molar refractivity (Wildman–Crippen MR) is 53.6 cm³/mol. The second kappa shape index (κ2) is 8.93. The fourth-order valence-electron chi connectivity index (χ4n) is 1.01. The van der Waals surface area contributed by atoms with Crippen molar-refractivity contribution in [3.8, 4) is 0 Å². The third-order valence-corrected chi connectivity index (χ3v) is 1.86. The highest BCUT2D eigenvalue weighted by molar-refractivity contribution is 5.75. The highest BCUT2D eigenvalue weighted by Crippen LogP contribution is 1.99. The van der Waals surface area contributed by atoms with Crippen LogP contribution in [0.15, 0.2) is 0 Å². The van der Waals surface area contributed by atoms with Crippen LogP contribution in [-0.2, 0) is 4.79 Å². The zero-order chi connectivity index (χ0) is 10.8. The van der Waals surface area contributed by atoms with Crippen molar-refractivity contribution in [2.24, 2.45) is 5.73 Å². The number of hydrogen-bond acceptors (Lipinski definition) is 4. The van der Waals surface area contributed by atoms with Crippen LogP contribution in [0.1, 0.15) is 25.7 Å². The summed E-state index contributed by atoms with van der Waals surface area (Å²) in [6.07, 6.45) is 1.52. The van der Waals surface area contributed by atoms with Gasteiger partial charge in [-0.25, -0.2) is 0 Å². The molecule has 0 radical (unpaired) electrons. The predicted octanol–water partition coefficient (Wildman–Crippen LogP) is -1.03. The third kappa shape index (κ3) is 7.97. The van der Waals surface area contributed by atoms with Gasteiger partial charge < -0.3 is 21.3 Å². The van der Waals surface area contributed by atoms with Gasteiger partial charge in [0.1, 0.15) is 0 Å². The molecule has 5 nitrogen and oxygen atoms in total. The highest BCUT2D eigenvalue weighted by atomic mass is 16.3. The van der Waals surface area contributed by atoms with Crippen molar-refractivity contribution in [1.82, 2.24) is 5.32 Å². The molecule has 14 heavy (non-hydrogen) atoms. The third-order valence-electron chi connectivity index (χ3n) is 1.86. The molecule has 5 heteroatoms. The average molecular weight is 204 g/mol. The lowest BCUT2D eigenvalue weighted by Gasteiger charge is -2.06. The van der Waals surface area contributed by atoms with Crippen molar-refractivity contribution in [3.05, 3.63) is 0 Å². The van der Waals surface area contributed by atoms with Crippen LogP contribution >= 0.6 is 0 Å². The molecule has 0 rings (SSSR count). The molecule has 1 unspecified atom stereocenters. The van der Waals surface area contributed by atoms with Gasteiger partial charge in [0.25, 0.3) is 0 Å². The van der Waals surface area contributed by atoms with Gasteiger partial charge in [0.2, 0.25) is 5.91 Å². The van der Waals surface area contributed by atoms with E-state index in [1.807, 2.05) is 0 Å². The van der Waals surface area contributed by atoms with Gasteiger partial charge in [-0.2, -0.15) is 0 Å². The van der Waals surface area contributed by atoms with E-state index in [9.17, 15) is 4.79 Å². The first kappa shape index (κ1) is 13.4. The molecular weight excluding hydrogens is 184 g/mol. The zero-order valence-electron chi connectivity index (χ0n) is 8.41. The first-order valence-corrected chi connectivity index (χ1v) is 4.96. The molecule has 0 saturated carbocycles. The largest absolute Gasteiger partial charge is 0.394 e. The van der Waals surface area contributed by atoms with E-state index in [0.29, 0.717) is 32.4 Å². The van der Waals surface area contributed by atoms with Crippen molar-refractivity contribution >= 4 is 5.91 Å². The van der Waals surface area contributed by atoms with E-state index in [-0.39, 0.29) is 12.5 Å². The Morgan fingerprint density at radius 1 is 1.43 bits per heavy atom. The van der Waals surface area contributed by atoms with E-state index in [1.165, 1.54) is 0 Å². The summed E-state index contributed by atoms with van der Waals surface area (Å²) < 4.78 is 0. The van der Waals surface area contributed by atoms with Crippen LogP contribution in [0.2, 0.25) is 0 Å². The molecular formula is C9H20N2O3. The number of carbonyl (C=O) groups excluding carboxylic acids is 1. The molecule has 0 heterocycles. The second-order valence-corrected chi connectivity index (χ2v) is 3.22. The van der Waals surface area contributed by atoms with Crippen LogP contribution in [0.4, 0.5) is 0 Å². The highest BCUT2D eigenvalue weighted by Gasteiger charge is 2.04. The Bertz CT molecular complexity index is 153. The van der Waals surface area contributed by atoms with E-state index in [2.05, 4.69) is 5.32 Å². The quantitative estimate of drug-likeness (QED) is 0.380. The van der Waals surface area contributed by atoms with Crippen molar-refractivity contribution < 1.29 is 15.0 Å². The second-order valence-electron chi connectivity index (χ2n) is 3.22. The summed E-state index contributed by atoms with van der Waals surface area (Å²) in [6, 6.07) is 0. The first-order chi connectivity index (χ1) is 6.70.